The highest BCUT2D eigenvalue weighted by molar-refractivity contribution is 5.97. The fourth-order valence-electron chi connectivity index (χ4n) is 3.29. The Bertz CT molecular complexity index is 473. The molecule has 4 nitrogen and oxygen atoms in total. The number of fused-ring (bicyclic) bond motifs is 2. The number of nitrogens with zero attached hydrogens (tertiary/aromatic N) is 1. The SMILES string of the molecule is N/C(=N/O)c1cccc(OC2CC3CCC2C3)c1. The number of benzene rings is 1. The Hall–Kier alpha value is -1.71. The van der Waals surface area contributed by atoms with Crippen molar-refractivity contribution in [2.24, 2.45) is 22.7 Å². The number of hydrogen-bond donors (Lipinski definition) is 2. The lowest BCUT2D eigenvalue weighted by Crippen LogP contribution is -2.23. The number of rotatable bonds is 3. The Morgan fingerprint density at radius 2 is 2.22 bits per heavy atom. The van der Waals surface area contributed by atoms with E-state index in [1.165, 1.54) is 25.7 Å². The van der Waals surface area contributed by atoms with Crippen LogP contribution in [0, 0.1) is 11.8 Å². The molecule has 3 atom stereocenters. The first-order chi connectivity index (χ1) is 8.76. The predicted octanol–water partition coefficient (Wildman–Crippen LogP) is 2.35. The van der Waals surface area contributed by atoms with Crippen LogP contribution in [0.25, 0.3) is 0 Å². The Kier molecular flexibility index (Phi) is 2.86. The zero-order valence-electron chi connectivity index (χ0n) is 10.2. The van der Waals surface area contributed by atoms with E-state index in [0.29, 0.717) is 11.7 Å². The average Bonchev–Trinajstić information content (AvgIpc) is 3.00. The van der Waals surface area contributed by atoms with Crippen LogP contribution < -0.4 is 10.5 Å². The minimum atomic E-state index is 0.119. The summed E-state index contributed by atoms with van der Waals surface area (Å²) in [5.41, 5.74) is 6.27. The summed E-state index contributed by atoms with van der Waals surface area (Å²) in [6.07, 6.45) is 5.53. The maximum atomic E-state index is 8.67. The van der Waals surface area contributed by atoms with Crippen LogP contribution in [0.1, 0.15) is 31.2 Å². The van der Waals surface area contributed by atoms with Gasteiger partial charge in [-0.2, -0.15) is 0 Å². The number of amidine groups is 1. The molecule has 0 spiro atoms. The second kappa shape index (κ2) is 4.52. The highest BCUT2D eigenvalue weighted by atomic mass is 16.5. The van der Waals surface area contributed by atoms with Gasteiger partial charge in [0.15, 0.2) is 5.84 Å². The highest BCUT2D eigenvalue weighted by Gasteiger charge is 2.40. The molecular formula is C14H18N2O2. The van der Waals surface area contributed by atoms with Crippen LogP contribution in [0.2, 0.25) is 0 Å². The molecule has 96 valence electrons. The van der Waals surface area contributed by atoms with E-state index in [9.17, 15) is 0 Å². The van der Waals surface area contributed by atoms with Gasteiger partial charge in [0.1, 0.15) is 11.9 Å². The third kappa shape index (κ3) is 2.03. The molecule has 18 heavy (non-hydrogen) atoms. The van der Waals surface area contributed by atoms with Crippen molar-refractivity contribution in [3.8, 4) is 5.75 Å². The number of ether oxygens (including phenoxy) is 1. The van der Waals surface area contributed by atoms with Crippen LogP contribution >= 0.6 is 0 Å². The van der Waals surface area contributed by atoms with Crippen LogP contribution in [0.3, 0.4) is 0 Å². The molecule has 2 bridgehead atoms. The summed E-state index contributed by atoms with van der Waals surface area (Å²) >= 11 is 0. The van der Waals surface area contributed by atoms with Crippen molar-refractivity contribution in [2.75, 3.05) is 0 Å². The summed E-state index contributed by atoms with van der Waals surface area (Å²) in [7, 11) is 0. The molecule has 0 saturated heterocycles. The molecule has 0 amide bonds. The molecular weight excluding hydrogens is 228 g/mol. The molecule has 1 aromatic rings. The van der Waals surface area contributed by atoms with Crippen LogP contribution in [0.15, 0.2) is 29.4 Å². The van der Waals surface area contributed by atoms with Crippen molar-refractivity contribution in [1.29, 1.82) is 0 Å². The molecule has 2 aliphatic rings. The maximum absolute atomic E-state index is 8.67. The van der Waals surface area contributed by atoms with Gasteiger partial charge in [0.2, 0.25) is 0 Å². The van der Waals surface area contributed by atoms with Gasteiger partial charge < -0.3 is 15.7 Å². The molecule has 0 heterocycles. The Balaban J connectivity index is 1.73. The summed E-state index contributed by atoms with van der Waals surface area (Å²) in [5, 5.41) is 11.7. The van der Waals surface area contributed by atoms with Gasteiger partial charge in [0.05, 0.1) is 0 Å². The van der Waals surface area contributed by atoms with E-state index >= 15 is 0 Å². The van der Waals surface area contributed by atoms with Crippen molar-refractivity contribution in [2.45, 2.75) is 31.8 Å². The van der Waals surface area contributed by atoms with Gasteiger partial charge in [-0.3, -0.25) is 0 Å². The molecule has 4 heteroatoms. The summed E-state index contributed by atoms with van der Waals surface area (Å²) in [4.78, 5) is 0. The molecule has 2 fully saturated rings. The van der Waals surface area contributed by atoms with Crippen molar-refractivity contribution >= 4 is 5.84 Å². The van der Waals surface area contributed by atoms with Crippen molar-refractivity contribution in [3.63, 3.8) is 0 Å². The van der Waals surface area contributed by atoms with E-state index in [0.717, 1.165) is 17.6 Å². The van der Waals surface area contributed by atoms with Crippen molar-refractivity contribution in [1.82, 2.24) is 0 Å². The molecule has 1 aromatic carbocycles. The molecule has 0 radical (unpaired) electrons. The van der Waals surface area contributed by atoms with Crippen molar-refractivity contribution < 1.29 is 9.94 Å². The Morgan fingerprint density at radius 1 is 1.33 bits per heavy atom. The van der Waals surface area contributed by atoms with Gasteiger partial charge in [-0.25, -0.2) is 0 Å². The zero-order chi connectivity index (χ0) is 12.5. The average molecular weight is 246 g/mol. The van der Waals surface area contributed by atoms with E-state index in [-0.39, 0.29) is 5.84 Å². The summed E-state index contributed by atoms with van der Waals surface area (Å²) < 4.78 is 6.05. The standard InChI is InChI=1S/C14H18N2O2/c15-14(16-17)11-2-1-3-12(8-11)18-13-7-9-4-5-10(13)6-9/h1-3,8-10,13,17H,4-7H2,(H2,15,16). The third-order valence-corrected chi connectivity index (χ3v) is 4.20. The fraction of sp³-hybridized carbons (Fsp3) is 0.500. The number of nitrogens with two attached hydrogens (primary N) is 1. The number of hydrogen-bond acceptors (Lipinski definition) is 3. The normalized spacial score (nSPS) is 30.7. The fourth-order valence-corrected chi connectivity index (χ4v) is 3.29. The van der Waals surface area contributed by atoms with E-state index in [1.54, 1.807) is 0 Å². The predicted molar refractivity (Wildman–Crippen MR) is 68.8 cm³/mol. The molecule has 3 unspecified atom stereocenters. The zero-order valence-corrected chi connectivity index (χ0v) is 10.2. The van der Waals surface area contributed by atoms with Gasteiger partial charge in [-0.1, -0.05) is 17.3 Å². The van der Waals surface area contributed by atoms with Gasteiger partial charge in [-0.05, 0) is 49.7 Å². The van der Waals surface area contributed by atoms with Gasteiger partial charge in [0.25, 0.3) is 0 Å². The number of oxime groups is 1. The lowest BCUT2D eigenvalue weighted by molar-refractivity contribution is 0.138. The molecule has 2 saturated carbocycles. The van der Waals surface area contributed by atoms with Crippen LogP contribution in [0.4, 0.5) is 0 Å². The van der Waals surface area contributed by atoms with Crippen molar-refractivity contribution in [3.05, 3.63) is 29.8 Å². The summed E-state index contributed by atoms with van der Waals surface area (Å²) in [6.45, 7) is 0. The molecule has 0 aromatic heterocycles. The minimum absolute atomic E-state index is 0.119. The van der Waals surface area contributed by atoms with Gasteiger partial charge >= 0.3 is 0 Å². The Morgan fingerprint density at radius 3 is 2.89 bits per heavy atom. The smallest absolute Gasteiger partial charge is 0.170 e. The second-order valence-electron chi connectivity index (χ2n) is 5.34. The first-order valence-corrected chi connectivity index (χ1v) is 6.51. The summed E-state index contributed by atoms with van der Waals surface area (Å²) in [5.74, 6) is 2.53. The van der Waals surface area contributed by atoms with E-state index < -0.39 is 0 Å². The van der Waals surface area contributed by atoms with Crippen LogP contribution in [0.5, 0.6) is 5.75 Å². The van der Waals surface area contributed by atoms with E-state index in [4.69, 9.17) is 15.7 Å². The quantitative estimate of drug-likeness (QED) is 0.372. The first-order valence-electron chi connectivity index (χ1n) is 6.51. The maximum Gasteiger partial charge on any atom is 0.170 e. The lowest BCUT2D eigenvalue weighted by atomic mass is 9.98. The molecule has 2 aliphatic carbocycles. The minimum Gasteiger partial charge on any atom is -0.490 e. The monoisotopic (exact) mass is 246 g/mol. The lowest BCUT2D eigenvalue weighted by Gasteiger charge is -2.23. The third-order valence-electron chi connectivity index (χ3n) is 4.20. The van der Waals surface area contributed by atoms with Crippen LogP contribution in [-0.4, -0.2) is 17.1 Å². The molecule has 0 aliphatic heterocycles. The van der Waals surface area contributed by atoms with Crippen LogP contribution in [-0.2, 0) is 0 Å². The second-order valence-corrected chi connectivity index (χ2v) is 5.34. The molecule has 3 rings (SSSR count). The Labute approximate surface area is 106 Å². The largest absolute Gasteiger partial charge is 0.490 e. The first kappa shape index (κ1) is 11.4. The van der Waals surface area contributed by atoms with E-state index in [2.05, 4.69) is 5.16 Å². The van der Waals surface area contributed by atoms with E-state index in [1.807, 2.05) is 24.3 Å². The van der Waals surface area contributed by atoms with Gasteiger partial charge in [-0.15, -0.1) is 0 Å². The van der Waals surface area contributed by atoms with Gasteiger partial charge in [0, 0.05) is 5.56 Å². The highest BCUT2D eigenvalue weighted by Crippen LogP contribution is 2.45. The topological polar surface area (TPSA) is 67.8 Å². The summed E-state index contributed by atoms with van der Waals surface area (Å²) in [6, 6.07) is 7.44. The molecule has 3 N–H and O–H groups in total.